The van der Waals surface area contributed by atoms with Crippen molar-refractivity contribution in [3.8, 4) is 0 Å². The molecule has 1 N–H and O–H groups in total. The van der Waals surface area contributed by atoms with Gasteiger partial charge >= 0.3 is 0 Å². The lowest BCUT2D eigenvalue weighted by atomic mass is 9.93. The van der Waals surface area contributed by atoms with Gasteiger partial charge in [0.05, 0.1) is 6.10 Å². The predicted molar refractivity (Wildman–Crippen MR) is 81.1 cm³/mol. The Morgan fingerprint density at radius 1 is 1.12 bits per heavy atom. The van der Waals surface area contributed by atoms with Crippen molar-refractivity contribution in [3.05, 3.63) is 24.8 Å². The number of aliphatic hydroxyl groups is 1. The van der Waals surface area contributed by atoms with Crippen LogP contribution in [0, 0.1) is 5.92 Å². The third-order valence-electron chi connectivity index (χ3n) is 3.02. The summed E-state index contributed by atoms with van der Waals surface area (Å²) >= 11 is 0. The van der Waals surface area contributed by atoms with Crippen molar-refractivity contribution in [1.82, 2.24) is 0 Å². The minimum absolute atomic E-state index is 0.194. The van der Waals surface area contributed by atoms with Crippen molar-refractivity contribution < 1.29 is 5.11 Å². The summed E-state index contributed by atoms with van der Waals surface area (Å²) < 4.78 is 0. The summed E-state index contributed by atoms with van der Waals surface area (Å²) in [6, 6.07) is 1.26. The van der Waals surface area contributed by atoms with Crippen molar-refractivity contribution in [1.29, 1.82) is 0 Å². The molecule has 0 aromatic carbocycles. The highest BCUT2D eigenvalue weighted by Crippen LogP contribution is 2.19. The van der Waals surface area contributed by atoms with E-state index in [0.717, 1.165) is 25.7 Å². The summed E-state index contributed by atoms with van der Waals surface area (Å²) in [4.78, 5) is 0. The van der Waals surface area contributed by atoms with Crippen LogP contribution >= 0.6 is 0 Å². The van der Waals surface area contributed by atoms with Gasteiger partial charge < -0.3 is 5.11 Å². The molecule has 0 bridgehead atoms. The molecule has 0 spiro atoms. The van der Waals surface area contributed by atoms with Gasteiger partial charge in [-0.15, -0.1) is 6.58 Å². The van der Waals surface area contributed by atoms with Crippen LogP contribution in [-0.4, -0.2) is 19.3 Å². The van der Waals surface area contributed by atoms with Gasteiger partial charge in [0.25, 0.3) is 0 Å². The molecular formula is C15H30OSi. The van der Waals surface area contributed by atoms with E-state index >= 15 is 0 Å². The van der Waals surface area contributed by atoms with E-state index in [9.17, 15) is 5.11 Å². The summed E-state index contributed by atoms with van der Waals surface area (Å²) in [5, 5.41) is 9.67. The molecule has 100 valence electrons. The number of hydrogen-bond donors (Lipinski definition) is 1. The normalized spacial score (nSPS) is 16.1. The average Bonchev–Trinajstić information content (AvgIpc) is 2.20. The Kier molecular flexibility index (Phi) is 8.53. The Morgan fingerprint density at radius 2 is 1.71 bits per heavy atom. The zero-order valence-corrected chi connectivity index (χ0v) is 13.1. The second kappa shape index (κ2) is 8.70. The fourth-order valence-electron chi connectivity index (χ4n) is 1.82. The van der Waals surface area contributed by atoms with E-state index in [1.807, 2.05) is 13.0 Å². The number of rotatable bonds is 9. The number of allylic oxidation sites excluding steroid dienone is 3. The zero-order chi connectivity index (χ0) is 13.3. The van der Waals surface area contributed by atoms with Gasteiger partial charge in [0.2, 0.25) is 0 Å². The third-order valence-corrected chi connectivity index (χ3v) is 4.49. The lowest BCUT2D eigenvalue weighted by molar-refractivity contribution is 0.116. The van der Waals surface area contributed by atoms with E-state index in [4.69, 9.17) is 0 Å². The van der Waals surface area contributed by atoms with E-state index in [1.165, 1.54) is 6.04 Å². The Labute approximate surface area is 109 Å². The summed E-state index contributed by atoms with van der Waals surface area (Å²) in [6.07, 6.45) is 10.6. The fraction of sp³-hybridized carbons (Fsp3) is 0.733. The van der Waals surface area contributed by atoms with Crippen LogP contribution in [0.25, 0.3) is 0 Å². The Balaban J connectivity index is 3.85. The van der Waals surface area contributed by atoms with Gasteiger partial charge in [0.15, 0.2) is 0 Å². The van der Waals surface area contributed by atoms with Gasteiger partial charge in [-0.1, -0.05) is 37.9 Å². The van der Waals surface area contributed by atoms with E-state index in [0.29, 0.717) is 5.92 Å². The van der Waals surface area contributed by atoms with E-state index < -0.39 is 8.07 Å². The van der Waals surface area contributed by atoms with Crippen molar-refractivity contribution in [3.63, 3.8) is 0 Å². The van der Waals surface area contributed by atoms with Crippen LogP contribution in [-0.2, 0) is 0 Å². The van der Waals surface area contributed by atoms with Gasteiger partial charge in [0, 0.05) is 8.07 Å². The largest absolute Gasteiger partial charge is 0.393 e. The van der Waals surface area contributed by atoms with Crippen LogP contribution in [0.2, 0.25) is 25.7 Å². The first-order chi connectivity index (χ1) is 7.87. The molecule has 0 fully saturated rings. The molecular weight excluding hydrogens is 224 g/mol. The average molecular weight is 254 g/mol. The highest BCUT2D eigenvalue weighted by molar-refractivity contribution is 6.76. The Morgan fingerprint density at radius 3 is 2.18 bits per heavy atom. The van der Waals surface area contributed by atoms with Crippen molar-refractivity contribution in [2.45, 2.75) is 64.4 Å². The first-order valence-corrected chi connectivity index (χ1v) is 10.5. The SMILES string of the molecule is C=CCCC(CC/C=C\C[Si](C)(C)C)C(C)O. The van der Waals surface area contributed by atoms with Crippen LogP contribution in [0.4, 0.5) is 0 Å². The van der Waals surface area contributed by atoms with Crippen molar-refractivity contribution in [2.75, 3.05) is 0 Å². The third kappa shape index (κ3) is 10.5. The Hall–Kier alpha value is -0.343. The molecule has 0 aliphatic heterocycles. The lowest BCUT2D eigenvalue weighted by Gasteiger charge is -2.18. The predicted octanol–water partition coefficient (Wildman–Crippen LogP) is 4.62. The minimum atomic E-state index is -0.927. The molecule has 2 unspecified atom stereocenters. The maximum Gasteiger partial charge on any atom is 0.0540 e. The molecule has 0 saturated carbocycles. The first-order valence-electron chi connectivity index (χ1n) is 6.81. The maximum atomic E-state index is 9.67. The van der Waals surface area contributed by atoms with Gasteiger partial charge in [-0.05, 0) is 44.6 Å². The number of aliphatic hydroxyl groups excluding tert-OH is 1. The monoisotopic (exact) mass is 254 g/mol. The molecule has 0 amide bonds. The summed E-state index contributed by atoms with van der Waals surface area (Å²) in [5.41, 5.74) is 0. The molecule has 0 heterocycles. The molecule has 0 aliphatic carbocycles. The molecule has 2 heteroatoms. The standard InChI is InChI=1S/C15H30OSi/c1-6-7-11-15(14(2)16)12-9-8-10-13-17(3,4)5/h6,8,10,14-16H,1,7,9,11-13H2,2-5H3/b10-8-. The summed E-state index contributed by atoms with van der Waals surface area (Å²) in [7, 11) is -0.927. The summed E-state index contributed by atoms with van der Waals surface area (Å²) in [5.74, 6) is 0.421. The van der Waals surface area contributed by atoms with E-state index in [1.54, 1.807) is 0 Å². The molecule has 0 saturated heterocycles. The van der Waals surface area contributed by atoms with E-state index in [-0.39, 0.29) is 6.10 Å². The van der Waals surface area contributed by atoms with Crippen LogP contribution in [0.1, 0.15) is 32.6 Å². The second-order valence-electron chi connectivity index (χ2n) is 6.18. The van der Waals surface area contributed by atoms with Crippen molar-refractivity contribution >= 4 is 8.07 Å². The molecule has 0 radical (unpaired) electrons. The highest BCUT2D eigenvalue weighted by atomic mass is 28.3. The lowest BCUT2D eigenvalue weighted by Crippen LogP contribution is -2.17. The second-order valence-corrected chi connectivity index (χ2v) is 11.7. The fourth-order valence-corrected chi connectivity index (χ4v) is 2.70. The molecule has 0 aliphatic rings. The van der Waals surface area contributed by atoms with Crippen LogP contribution in [0.5, 0.6) is 0 Å². The molecule has 1 nitrogen and oxygen atoms in total. The van der Waals surface area contributed by atoms with Gasteiger partial charge in [-0.2, -0.15) is 0 Å². The van der Waals surface area contributed by atoms with Crippen LogP contribution in [0.3, 0.4) is 0 Å². The zero-order valence-electron chi connectivity index (χ0n) is 12.1. The molecule has 0 aromatic rings. The molecule has 17 heavy (non-hydrogen) atoms. The van der Waals surface area contributed by atoms with E-state index in [2.05, 4.69) is 38.4 Å². The quantitative estimate of drug-likeness (QED) is 0.470. The molecule has 2 atom stereocenters. The van der Waals surface area contributed by atoms with Crippen molar-refractivity contribution in [2.24, 2.45) is 5.92 Å². The van der Waals surface area contributed by atoms with Gasteiger partial charge in [-0.25, -0.2) is 0 Å². The minimum Gasteiger partial charge on any atom is -0.393 e. The first kappa shape index (κ1) is 16.7. The van der Waals surface area contributed by atoms with Crippen LogP contribution in [0.15, 0.2) is 24.8 Å². The number of hydrogen-bond acceptors (Lipinski definition) is 1. The summed E-state index contributed by atoms with van der Waals surface area (Å²) in [6.45, 7) is 12.8. The maximum absolute atomic E-state index is 9.67. The van der Waals surface area contributed by atoms with Gasteiger partial charge in [-0.3, -0.25) is 0 Å². The van der Waals surface area contributed by atoms with Gasteiger partial charge in [0.1, 0.15) is 0 Å². The molecule has 0 aromatic heterocycles. The smallest absolute Gasteiger partial charge is 0.0540 e. The highest BCUT2D eigenvalue weighted by Gasteiger charge is 2.13. The molecule has 0 rings (SSSR count). The topological polar surface area (TPSA) is 20.2 Å². The van der Waals surface area contributed by atoms with Crippen LogP contribution < -0.4 is 0 Å². The Bertz CT molecular complexity index is 226.